The molecule has 2 N–H and O–H groups in total. The zero-order chi connectivity index (χ0) is 23.3. The van der Waals surface area contributed by atoms with Crippen LogP contribution in [0.25, 0.3) is 5.69 Å². The highest BCUT2D eigenvalue weighted by Gasteiger charge is 2.22. The number of likely N-dealkylation sites (N-methyl/N-ethyl adjacent to an activating group) is 1. The van der Waals surface area contributed by atoms with Crippen LogP contribution in [0.2, 0.25) is 0 Å². The smallest absolute Gasteiger partial charge is 0.239 e. The fraction of sp³-hybridized carbons (Fsp3) is 0.292. The van der Waals surface area contributed by atoms with Crippen molar-refractivity contribution < 1.29 is 14.0 Å². The minimum absolute atomic E-state index is 0.00138. The molecule has 2 amide bonds. The topological polar surface area (TPSA) is 79.3 Å². The van der Waals surface area contributed by atoms with Gasteiger partial charge in [0.15, 0.2) is 0 Å². The predicted octanol–water partition coefficient (Wildman–Crippen LogP) is 3.82. The van der Waals surface area contributed by atoms with Gasteiger partial charge in [0.1, 0.15) is 11.6 Å². The number of halogens is 1. The van der Waals surface area contributed by atoms with Gasteiger partial charge in [-0.2, -0.15) is 5.10 Å². The van der Waals surface area contributed by atoms with Gasteiger partial charge in [-0.3, -0.25) is 14.5 Å². The average Bonchev–Trinajstić information content (AvgIpc) is 3.12. The van der Waals surface area contributed by atoms with E-state index in [0.717, 1.165) is 11.4 Å². The van der Waals surface area contributed by atoms with Crippen molar-refractivity contribution in [1.29, 1.82) is 0 Å². The molecule has 3 aromatic rings. The second-order valence-electron chi connectivity index (χ2n) is 8.69. The fourth-order valence-corrected chi connectivity index (χ4v) is 3.10. The zero-order valence-corrected chi connectivity index (χ0v) is 18.7. The van der Waals surface area contributed by atoms with Gasteiger partial charge >= 0.3 is 0 Å². The molecule has 168 valence electrons. The number of anilines is 2. The van der Waals surface area contributed by atoms with Crippen molar-refractivity contribution in [3.63, 3.8) is 0 Å². The summed E-state index contributed by atoms with van der Waals surface area (Å²) in [5.74, 6) is -0.484. The summed E-state index contributed by atoms with van der Waals surface area (Å²) in [5.41, 5.74) is 1.86. The SMILES string of the molecule is CN(CC(=O)Nc1cccc(F)c1)CC(=O)Nc1cc(C(C)(C)C)nn1-c1ccccc1. The lowest BCUT2D eigenvalue weighted by Crippen LogP contribution is -2.36. The van der Waals surface area contributed by atoms with Crippen LogP contribution in [0.4, 0.5) is 15.9 Å². The molecule has 1 heterocycles. The van der Waals surface area contributed by atoms with E-state index in [1.807, 2.05) is 36.4 Å². The minimum atomic E-state index is -0.430. The number of amides is 2. The van der Waals surface area contributed by atoms with Gasteiger partial charge in [0.25, 0.3) is 0 Å². The van der Waals surface area contributed by atoms with E-state index in [1.165, 1.54) is 18.2 Å². The van der Waals surface area contributed by atoms with E-state index >= 15 is 0 Å². The van der Waals surface area contributed by atoms with Gasteiger partial charge in [0, 0.05) is 17.2 Å². The van der Waals surface area contributed by atoms with Crippen LogP contribution in [0.1, 0.15) is 26.5 Å². The lowest BCUT2D eigenvalue weighted by atomic mass is 9.92. The third-order valence-electron chi connectivity index (χ3n) is 4.68. The molecule has 0 bridgehead atoms. The Labute approximate surface area is 187 Å². The Hall–Kier alpha value is -3.52. The first kappa shape index (κ1) is 23.1. The number of carbonyl (C=O) groups is 2. The first-order valence-electron chi connectivity index (χ1n) is 10.3. The lowest BCUT2D eigenvalue weighted by Gasteiger charge is -2.16. The molecule has 8 heteroatoms. The summed E-state index contributed by atoms with van der Waals surface area (Å²) in [7, 11) is 1.67. The Morgan fingerprint density at radius 2 is 1.62 bits per heavy atom. The second-order valence-corrected chi connectivity index (χ2v) is 8.69. The maximum atomic E-state index is 13.3. The van der Waals surface area contributed by atoms with Crippen molar-refractivity contribution in [2.75, 3.05) is 30.8 Å². The van der Waals surface area contributed by atoms with Crippen molar-refractivity contribution in [2.24, 2.45) is 0 Å². The molecular formula is C24H28FN5O2. The van der Waals surface area contributed by atoms with Gasteiger partial charge < -0.3 is 10.6 Å². The van der Waals surface area contributed by atoms with Gasteiger partial charge in [-0.1, -0.05) is 45.0 Å². The molecule has 0 aliphatic carbocycles. The molecule has 0 saturated carbocycles. The maximum Gasteiger partial charge on any atom is 0.239 e. The van der Waals surface area contributed by atoms with Crippen LogP contribution >= 0.6 is 0 Å². The monoisotopic (exact) mass is 437 g/mol. The summed E-state index contributed by atoms with van der Waals surface area (Å²) < 4.78 is 15.0. The number of hydrogen-bond acceptors (Lipinski definition) is 4. The third kappa shape index (κ3) is 6.24. The highest BCUT2D eigenvalue weighted by molar-refractivity contribution is 5.94. The molecule has 2 aromatic carbocycles. The van der Waals surface area contributed by atoms with Crippen molar-refractivity contribution in [3.05, 3.63) is 72.2 Å². The molecule has 7 nitrogen and oxygen atoms in total. The van der Waals surface area contributed by atoms with Crippen LogP contribution in [0, 0.1) is 5.82 Å². The molecule has 0 saturated heterocycles. The average molecular weight is 438 g/mol. The largest absolute Gasteiger partial charge is 0.325 e. The number of nitrogens with one attached hydrogen (secondary N) is 2. The molecule has 0 aliphatic rings. The van der Waals surface area contributed by atoms with Gasteiger partial charge in [-0.05, 0) is 37.4 Å². The lowest BCUT2D eigenvalue weighted by molar-refractivity contribution is -0.119. The van der Waals surface area contributed by atoms with Crippen LogP contribution in [0.3, 0.4) is 0 Å². The maximum absolute atomic E-state index is 13.3. The number of rotatable bonds is 7. The Balaban J connectivity index is 1.65. The number of para-hydroxylation sites is 1. The first-order chi connectivity index (χ1) is 15.1. The summed E-state index contributed by atoms with van der Waals surface area (Å²) >= 11 is 0. The molecule has 1 aromatic heterocycles. The van der Waals surface area contributed by atoms with Crippen LogP contribution in [-0.2, 0) is 15.0 Å². The van der Waals surface area contributed by atoms with Gasteiger partial charge in [0.2, 0.25) is 11.8 Å². The summed E-state index contributed by atoms with van der Waals surface area (Å²) in [6.45, 7) is 6.15. The number of aromatic nitrogens is 2. The van der Waals surface area contributed by atoms with Crippen LogP contribution in [-0.4, -0.2) is 46.6 Å². The number of carbonyl (C=O) groups excluding carboxylic acids is 2. The highest BCUT2D eigenvalue weighted by Crippen LogP contribution is 2.26. The second kappa shape index (κ2) is 9.74. The molecule has 0 atom stereocenters. The van der Waals surface area contributed by atoms with E-state index in [-0.39, 0.29) is 30.3 Å². The Morgan fingerprint density at radius 3 is 2.25 bits per heavy atom. The van der Waals surface area contributed by atoms with E-state index in [9.17, 15) is 14.0 Å². The molecule has 0 fully saturated rings. The van der Waals surface area contributed by atoms with E-state index < -0.39 is 5.82 Å². The molecule has 3 rings (SSSR count). The van der Waals surface area contributed by atoms with E-state index in [2.05, 4.69) is 36.5 Å². The molecular weight excluding hydrogens is 409 g/mol. The van der Waals surface area contributed by atoms with Crippen LogP contribution in [0.15, 0.2) is 60.7 Å². The van der Waals surface area contributed by atoms with Gasteiger partial charge in [0.05, 0.1) is 24.5 Å². The fourth-order valence-electron chi connectivity index (χ4n) is 3.10. The van der Waals surface area contributed by atoms with Crippen molar-refractivity contribution in [1.82, 2.24) is 14.7 Å². The first-order valence-corrected chi connectivity index (χ1v) is 10.3. The van der Waals surface area contributed by atoms with E-state index in [1.54, 1.807) is 22.7 Å². The standard InChI is InChI=1S/C24H28FN5O2/c1-24(2,3)20-14-21(30(28-20)19-11-6-5-7-12-19)27-23(32)16-29(4)15-22(31)26-18-10-8-9-17(25)13-18/h5-14H,15-16H2,1-4H3,(H,26,31)(H,27,32). The predicted molar refractivity (Wildman–Crippen MR) is 123 cm³/mol. The minimum Gasteiger partial charge on any atom is -0.325 e. The quantitative estimate of drug-likeness (QED) is 0.589. The van der Waals surface area contributed by atoms with E-state index in [4.69, 9.17) is 0 Å². The van der Waals surface area contributed by atoms with Crippen molar-refractivity contribution in [2.45, 2.75) is 26.2 Å². The molecule has 32 heavy (non-hydrogen) atoms. The normalized spacial score (nSPS) is 11.4. The molecule has 0 aliphatic heterocycles. The Kier molecular flexibility index (Phi) is 7.05. The number of benzene rings is 2. The summed E-state index contributed by atoms with van der Waals surface area (Å²) in [6, 6.07) is 17.1. The molecule has 0 unspecified atom stereocenters. The third-order valence-corrected chi connectivity index (χ3v) is 4.68. The summed E-state index contributed by atoms with van der Waals surface area (Å²) in [5, 5.41) is 10.2. The van der Waals surface area contributed by atoms with Crippen molar-refractivity contribution >= 4 is 23.3 Å². The summed E-state index contributed by atoms with van der Waals surface area (Å²) in [6.07, 6.45) is 0. The van der Waals surface area contributed by atoms with Crippen LogP contribution in [0.5, 0.6) is 0 Å². The summed E-state index contributed by atoms with van der Waals surface area (Å²) in [4.78, 5) is 26.5. The zero-order valence-electron chi connectivity index (χ0n) is 18.7. The number of hydrogen-bond donors (Lipinski definition) is 2. The number of nitrogens with zero attached hydrogens (tertiary/aromatic N) is 3. The molecule has 0 radical (unpaired) electrons. The highest BCUT2D eigenvalue weighted by atomic mass is 19.1. The molecule has 0 spiro atoms. The van der Waals surface area contributed by atoms with Gasteiger partial charge in [-0.15, -0.1) is 0 Å². The van der Waals surface area contributed by atoms with E-state index in [0.29, 0.717) is 11.5 Å². The van der Waals surface area contributed by atoms with Crippen molar-refractivity contribution in [3.8, 4) is 5.69 Å². The Bertz CT molecular complexity index is 1090. The van der Waals surface area contributed by atoms with Crippen LogP contribution < -0.4 is 10.6 Å². The Morgan fingerprint density at radius 1 is 0.969 bits per heavy atom. The van der Waals surface area contributed by atoms with Gasteiger partial charge in [-0.25, -0.2) is 9.07 Å².